The van der Waals surface area contributed by atoms with E-state index >= 15 is 0 Å². The SMILES string of the molecule is CCCCCCC[C@H](CC(=O)OC)N(CCCN=[N+]=[N-])[C@H](C)c1ccccc1. The first-order chi connectivity index (χ1) is 13.6. The Morgan fingerprint density at radius 3 is 2.54 bits per heavy atom. The van der Waals surface area contributed by atoms with Gasteiger partial charge < -0.3 is 4.74 Å². The van der Waals surface area contributed by atoms with Crippen LogP contribution < -0.4 is 0 Å². The summed E-state index contributed by atoms with van der Waals surface area (Å²) in [5.74, 6) is -0.168. The van der Waals surface area contributed by atoms with E-state index in [1.807, 2.05) is 18.2 Å². The van der Waals surface area contributed by atoms with Crippen molar-refractivity contribution in [2.75, 3.05) is 20.2 Å². The van der Waals surface area contributed by atoms with Crippen LogP contribution in [0.3, 0.4) is 0 Å². The average molecular weight is 389 g/mol. The van der Waals surface area contributed by atoms with Crippen LogP contribution in [0, 0.1) is 0 Å². The zero-order valence-corrected chi connectivity index (χ0v) is 17.7. The number of hydrogen-bond donors (Lipinski definition) is 0. The maximum atomic E-state index is 12.1. The van der Waals surface area contributed by atoms with Gasteiger partial charge in [0.15, 0.2) is 0 Å². The summed E-state index contributed by atoms with van der Waals surface area (Å²) in [6.45, 7) is 5.65. The van der Waals surface area contributed by atoms with E-state index in [0.29, 0.717) is 13.0 Å². The topological polar surface area (TPSA) is 78.3 Å². The van der Waals surface area contributed by atoms with Gasteiger partial charge in [-0.15, -0.1) is 0 Å². The second kappa shape index (κ2) is 14.9. The number of methoxy groups -OCH3 is 1. The van der Waals surface area contributed by atoms with E-state index in [4.69, 9.17) is 10.3 Å². The third-order valence-electron chi connectivity index (χ3n) is 5.26. The number of azide groups is 1. The lowest BCUT2D eigenvalue weighted by Gasteiger charge is -2.36. The first-order valence-corrected chi connectivity index (χ1v) is 10.5. The third-order valence-corrected chi connectivity index (χ3v) is 5.26. The number of ether oxygens (including phenoxy) is 1. The van der Waals surface area contributed by atoms with Crippen molar-refractivity contribution in [2.45, 2.75) is 77.3 Å². The molecule has 0 aliphatic rings. The molecule has 0 amide bonds. The molecule has 0 fully saturated rings. The molecule has 1 aromatic carbocycles. The van der Waals surface area contributed by atoms with Crippen LogP contribution in [0.1, 0.15) is 76.8 Å². The lowest BCUT2D eigenvalue weighted by atomic mass is 9.98. The zero-order valence-electron chi connectivity index (χ0n) is 17.7. The molecule has 1 rings (SSSR count). The molecule has 0 N–H and O–H groups in total. The molecule has 0 radical (unpaired) electrons. The highest BCUT2D eigenvalue weighted by Gasteiger charge is 2.26. The van der Waals surface area contributed by atoms with Gasteiger partial charge in [-0.2, -0.15) is 0 Å². The summed E-state index contributed by atoms with van der Waals surface area (Å²) in [5, 5.41) is 3.67. The quantitative estimate of drug-likeness (QED) is 0.121. The molecule has 2 atom stereocenters. The summed E-state index contributed by atoms with van der Waals surface area (Å²) in [6, 6.07) is 10.7. The van der Waals surface area contributed by atoms with Gasteiger partial charge in [0, 0.05) is 23.5 Å². The van der Waals surface area contributed by atoms with Crippen LogP contribution >= 0.6 is 0 Å². The van der Waals surface area contributed by atoms with Gasteiger partial charge >= 0.3 is 5.97 Å². The molecule has 28 heavy (non-hydrogen) atoms. The van der Waals surface area contributed by atoms with E-state index in [1.54, 1.807) is 0 Å². The van der Waals surface area contributed by atoms with Crippen LogP contribution in [0.2, 0.25) is 0 Å². The van der Waals surface area contributed by atoms with Crippen LogP contribution in [0.15, 0.2) is 35.4 Å². The molecule has 0 heterocycles. The Balaban J connectivity index is 2.91. The molecular formula is C22H36N4O2. The predicted molar refractivity (Wildman–Crippen MR) is 114 cm³/mol. The van der Waals surface area contributed by atoms with Gasteiger partial charge in [0.05, 0.1) is 13.5 Å². The average Bonchev–Trinajstić information content (AvgIpc) is 2.73. The molecule has 6 heteroatoms. The fourth-order valence-corrected chi connectivity index (χ4v) is 3.63. The molecule has 0 saturated heterocycles. The lowest BCUT2D eigenvalue weighted by molar-refractivity contribution is -0.142. The van der Waals surface area contributed by atoms with Crippen LogP contribution in [0.25, 0.3) is 10.4 Å². The molecule has 0 bridgehead atoms. The van der Waals surface area contributed by atoms with Crippen LogP contribution in [0.5, 0.6) is 0 Å². The number of esters is 1. The molecule has 0 aromatic heterocycles. The van der Waals surface area contributed by atoms with E-state index in [2.05, 4.69) is 40.9 Å². The van der Waals surface area contributed by atoms with Crippen LogP contribution in [-0.2, 0) is 9.53 Å². The largest absolute Gasteiger partial charge is 0.469 e. The van der Waals surface area contributed by atoms with Crippen molar-refractivity contribution >= 4 is 5.97 Å². The molecule has 0 aliphatic carbocycles. The Morgan fingerprint density at radius 2 is 1.89 bits per heavy atom. The Kier molecular flexibility index (Phi) is 12.8. The van der Waals surface area contributed by atoms with Crippen molar-refractivity contribution in [1.82, 2.24) is 4.90 Å². The second-order valence-corrected chi connectivity index (χ2v) is 7.27. The van der Waals surface area contributed by atoms with Gasteiger partial charge in [-0.25, -0.2) is 0 Å². The molecule has 0 aliphatic heterocycles. The molecule has 0 spiro atoms. The van der Waals surface area contributed by atoms with Gasteiger partial charge in [0.1, 0.15) is 0 Å². The minimum Gasteiger partial charge on any atom is -0.469 e. The summed E-state index contributed by atoms with van der Waals surface area (Å²) >= 11 is 0. The molecule has 0 saturated carbocycles. The Bertz CT molecular complexity index is 587. The normalized spacial score (nSPS) is 13.0. The molecule has 6 nitrogen and oxygen atoms in total. The van der Waals surface area contributed by atoms with E-state index in [-0.39, 0.29) is 18.1 Å². The van der Waals surface area contributed by atoms with Gasteiger partial charge in [-0.1, -0.05) is 74.5 Å². The molecular weight excluding hydrogens is 352 g/mol. The number of nitrogens with zero attached hydrogens (tertiary/aromatic N) is 4. The van der Waals surface area contributed by atoms with E-state index in [9.17, 15) is 4.79 Å². The van der Waals surface area contributed by atoms with Crippen molar-refractivity contribution in [3.05, 3.63) is 46.3 Å². The summed E-state index contributed by atoms with van der Waals surface area (Å²) < 4.78 is 4.97. The number of unbranched alkanes of at least 4 members (excludes halogenated alkanes) is 4. The number of rotatable bonds is 15. The summed E-state index contributed by atoms with van der Waals surface area (Å²) in [7, 11) is 1.45. The second-order valence-electron chi connectivity index (χ2n) is 7.27. The van der Waals surface area contributed by atoms with E-state index in [1.165, 1.54) is 38.4 Å². The fourth-order valence-electron chi connectivity index (χ4n) is 3.63. The van der Waals surface area contributed by atoms with E-state index < -0.39 is 0 Å². The standard InChI is InChI=1S/C22H36N4O2/c1-4-5-6-7-11-15-21(18-22(27)28-3)26(17-12-16-24-25-23)19(2)20-13-9-8-10-14-20/h8-10,13-14,19,21H,4-7,11-12,15-18H2,1-3H3/t19-,21-/m1/s1. The number of carbonyl (C=O) groups is 1. The smallest absolute Gasteiger partial charge is 0.307 e. The predicted octanol–water partition coefficient (Wildman–Crippen LogP) is 6.04. The van der Waals surface area contributed by atoms with Crippen molar-refractivity contribution in [3.63, 3.8) is 0 Å². The number of benzene rings is 1. The summed E-state index contributed by atoms with van der Waals surface area (Å²) in [6.07, 6.45) is 8.16. The number of carbonyl (C=O) groups excluding carboxylic acids is 1. The number of hydrogen-bond acceptors (Lipinski definition) is 4. The van der Waals surface area contributed by atoms with Crippen molar-refractivity contribution in [1.29, 1.82) is 0 Å². The van der Waals surface area contributed by atoms with E-state index in [0.717, 1.165) is 25.8 Å². The highest BCUT2D eigenvalue weighted by Crippen LogP contribution is 2.27. The first kappa shape index (κ1) is 24.0. The van der Waals surface area contributed by atoms with Crippen LogP contribution in [-0.4, -0.2) is 37.1 Å². The van der Waals surface area contributed by atoms with Crippen molar-refractivity contribution in [2.24, 2.45) is 5.11 Å². The summed E-state index contributed by atoms with van der Waals surface area (Å²) in [4.78, 5) is 17.3. The molecule has 1 aromatic rings. The lowest BCUT2D eigenvalue weighted by Crippen LogP contribution is -2.40. The molecule has 0 unspecified atom stereocenters. The fraction of sp³-hybridized carbons (Fsp3) is 0.682. The highest BCUT2D eigenvalue weighted by molar-refractivity contribution is 5.69. The Labute approximate surface area is 169 Å². The van der Waals surface area contributed by atoms with Gasteiger partial charge in [0.25, 0.3) is 0 Å². The first-order valence-electron chi connectivity index (χ1n) is 10.5. The zero-order chi connectivity index (χ0) is 20.6. The summed E-state index contributed by atoms with van der Waals surface area (Å²) in [5.41, 5.74) is 9.78. The molecule has 156 valence electrons. The minimum absolute atomic E-state index is 0.121. The van der Waals surface area contributed by atoms with Crippen molar-refractivity contribution in [3.8, 4) is 0 Å². The Hall–Kier alpha value is -2.04. The van der Waals surface area contributed by atoms with Crippen molar-refractivity contribution < 1.29 is 9.53 Å². The van der Waals surface area contributed by atoms with Crippen LogP contribution in [0.4, 0.5) is 0 Å². The minimum atomic E-state index is -0.168. The van der Waals surface area contributed by atoms with Gasteiger partial charge in [-0.3, -0.25) is 9.69 Å². The third kappa shape index (κ3) is 9.25. The monoisotopic (exact) mass is 388 g/mol. The van der Waals surface area contributed by atoms with Gasteiger partial charge in [-0.05, 0) is 37.4 Å². The maximum absolute atomic E-state index is 12.1. The van der Waals surface area contributed by atoms with Gasteiger partial charge in [0.2, 0.25) is 0 Å². The highest BCUT2D eigenvalue weighted by atomic mass is 16.5. The Morgan fingerprint density at radius 1 is 1.18 bits per heavy atom. The maximum Gasteiger partial charge on any atom is 0.307 e.